The van der Waals surface area contributed by atoms with E-state index >= 15 is 0 Å². The molecule has 1 aromatic carbocycles. The summed E-state index contributed by atoms with van der Waals surface area (Å²) in [5, 5.41) is 31.2. The first-order valence-corrected chi connectivity index (χ1v) is 12.3. The molecule has 9 heteroatoms. The van der Waals surface area contributed by atoms with Crippen LogP contribution in [0.4, 0.5) is 0 Å². The van der Waals surface area contributed by atoms with Crippen molar-refractivity contribution in [3.05, 3.63) is 66.2 Å². The summed E-state index contributed by atoms with van der Waals surface area (Å²) in [4.78, 5) is 13.0. The minimum atomic E-state index is 0.0226. The number of carbonyl (C=O) groups is 1. The minimum Gasteiger partial charge on any atom is -0.354 e. The number of fused-ring (bicyclic) bond motifs is 1. The lowest BCUT2D eigenvalue weighted by Crippen LogP contribution is -2.36. The number of rotatable bonds is 5. The third kappa shape index (κ3) is 4.64. The Morgan fingerprint density at radius 3 is 2.51 bits per heavy atom. The lowest BCUT2D eigenvalue weighted by atomic mass is 9.91. The second kappa shape index (κ2) is 9.65. The number of hydrogen-bond acceptors (Lipinski definition) is 6. The summed E-state index contributed by atoms with van der Waals surface area (Å²) in [5.74, 6) is 0.0226. The topological polar surface area (TPSA) is 112 Å². The molecule has 1 aliphatic rings. The van der Waals surface area contributed by atoms with Gasteiger partial charge in [0.25, 0.3) is 0 Å². The van der Waals surface area contributed by atoms with E-state index in [1.165, 1.54) is 11.8 Å². The Morgan fingerprint density at radius 2 is 1.77 bits per heavy atom. The lowest BCUT2D eigenvalue weighted by Gasteiger charge is -2.28. The molecule has 1 saturated carbocycles. The number of benzene rings is 1. The van der Waals surface area contributed by atoms with Crippen molar-refractivity contribution in [2.75, 3.05) is 0 Å². The van der Waals surface area contributed by atoms with Gasteiger partial charge in [-0.15, -0.1) is 0 Å². The van der Waals surface area contributed by atoms with Crippen LogP contribution in [-0.2, 0) is 4.79 Å². The molecule has 3 aromatic heterocycles. The van der Waals surface area contributed by atoms with Gasteiger partial charge in [0.15, 0.2) is 0 Å². The zero-order chi connectivity index (χ0) is 24.4. The SMILES string of the molecule is CC(=O)N[C@H]1CC[C@H](n2cc(-c3cc(Sc4ccccc4C#N)c4c(C#N)cnn4c3)cn2)CC1. The third-order valence-corrected chi connectivity index (χ3v) is 7.44. The van der Waals surface area contributed by atoms with E-state index in [0.717, 1.165) is 52.1 Å². The van der Waals surface area contributed by atoms with Gasteiger partial charge >= 0.3 is 0 Å². The highest BCUT2D eigenvalue weighted by Crippen LogP contribution is 2.37. The van der Waals surface area contributed by atoms with E-state index in [-0.39, 0.29) is 11.9 Å². The smallest absolute Gasteiger partial charge is 0.217 e. The normalized spacial score (nSPS) is 17.6. The second-order valence-electron chi connectivity index (χ2n) is 8.68. The van der Waals surface area contributed by atoms with Crippen LogP contribution in [0.2, 0.25) is 0 Å². The maximum Gasteiger partial charge on any atom is 0.217 e. The first kappa shape index (κ1) is 22.7. The van der Waals surface area contributed by atoms with Crippen LogP contribution in [0, 0.1) is 22.7 Å². The number of carbonyl (C=O) groups excluding carboxylic acids is 1. The van der Waals surface area contributed by atoms with Gasteiger partial charge in [0, 0.05) is 46.3 Å². The molecule has 4 aromatic rings. The van der Waals surface area contributed by atoms with Crippen molar-refractivity contribution in [3.8, 4) is 23.3 Å². The molecule has 3 heterocycles. The molecule has 0 bridgehead atoms. The van der Waals surface area contributed by atoms with Gasteiger partial charge in [-0.25, -0.2) is 4.52 Å². The second-order valence-corrected chi connectivity index (χ2v) is 9.77. The molecule has 0 spiro atoms. The van der Waals surface area contributed by atoms with Crippen LogP contribution in [0.5, 0.6) is 0 Å². The van der Waals surface area contributed by atoms with Gasteiger partial charge < -0.3 is 5.32 Å². The van der Waals surface area contributed by atoms with E-state index in [2.05, 4.69) is 33.8 Å². The molecule has 1 N–H and O–H groups in total. The molecule has 35 heavy (non-hydrogen) atoms. The monoisotopic (exact) mass is 481 g/mol. The molecule has 8 nitrogen and oxygen atoms in total. The summed E-state index contributed by atoms with van der Waals surface area (Å²) in [6.45, 7) is 1.56. The molecule has 1 aliphatic carbocycles. The fraction of sp³-hybridized carbons (Fsp3) is 0.269. The van der Waals surface area contributed by atoms with Gasteiger partial charge in [-0.2, -0.15) is 20.7 Å². The molecular weight excluding hydrogens is 458 g/mol. The van der Waals surface area contributed by atoms with Gasteiger partial charge in [0.1, 0.15) is 12.1 Å². The maximum atomic E-state index is 11.3. The summed E-state index contributed by atoms with van der Waals surface area (Å²) in [6.07, 6.45) is 11.2. The minimum absolute atomic E-state index is 0.0226. The summed E-state index contributed by atoms with van der Waals surface area (Å²) in [6, 6.07) is 14.5. The summed E-state index contributed by atoms with van der Waals surface area (Å²) in [7, 11) is 0. The largest absolute Gasteiger partial charge is 0.354 e. The van der Waals surface area contributed by atoms with Crippen LogP contribution in [0.3, 0.4) is 0 Å². The van der Waals surface area contributed by atoms with E-state index in [1.54, 1.807) is 23.7 Å². The number of nitrogens with zero attached hydrogens (tertiary/aromatic N) is 6. The van der Waals surface area contributed by atoms with Crippen molar-refractivity contribution in [3.63, 3.8) is 0 Å². The average Bonchev–Trinajstić information content (AvgIpc) is 3.52. The van der Waals surface area contributed by atoms with Gasteiger partial charge in [0.2, 0.25) is 5.91 Å². The summed E-state index contributed by atoms with van der Waals surface area (Å²) >= 11 is 1.46. The molecule has 1 fully saturated rings. The summed E-state index contributed by atoms with van der Waals surface area (Å²) < 4.78 is 3.74. The Balaban J connectivity index is 1.46. The Bertz CT molecular complexity index is 1480. The van der Waals surface area contributed by atoms with Crippen molar-refractivity contribution in [1.82, 2.24) is 24.7 Å². The zero-order valence-corrected chi connectivity index (χ0v) is 20.0. The first-order valence-electron chi connectivity index (χ1n) is 11.5. The van der Waals surface area contributed by atoms with E-state index in [0.29, 0.717) is 17.2 Å². The van der Waals surface area contributed by atoms with Crippen LogP contribution >= 0.6 is 11.8 Å². The van der Waals surface area contributed by atoms with Gasteiger partial charge in [-0.3, -0.25) is 9.48 Å². The van der Waals surface area contributed by atoms with Crippen molar-refractivity contribution < 1.29 is 4.79 Å². The highest BCUT2D eigenvalue weighted by atomic mass is 32.2. The lowest BCUT2D eigenvalue weighted by molar-refractivity contribution is -0.119. The van der Waals surface area contributed by atoms with Crippen LogP contribution in [-0.4, -0.2) is 31.3 Å². The van der Waals surface area contributed by atoms with E-state index in [1.807, 2.05) is 41.3 Å². The van der Waals surface area contributed by atoms with Crippen LogP contribution < -0.4 is 5.32 Å². The molecule has 0 aliphatic heterocycles. The quantitative estimate of drug-likeness (QED) is 0.442. The first-order chi connectivity index (χ1) is 17.1. The molecule has 0 saturated heterocycles. The van der Waals surface area contributed by atoms with E-state index in [9.17, 15) is 15.3 Å². The Morgan fingerprint density at radius 1 is 1.00 bits per heavy atom. The molecule has 0 atom stereocenters. The fourth-order valence-corrected chi connectivity index (χ4v) is 5.72. The summed E-state index contributed by atoms with van der Waals surface area (Å²) in [5.41, 5.74) is 3.68. The maximum absolute atomic E-state index is 11.3. The predicted molar refractivity (Wildman–Crippen MR) is 132 cm³/mol. The standard InChI is InChI=1S/C26H23N7OS/c1-17(34)31-22-6-8-23(9-7-22)32-16-21(14-29-32)19-10-25(26-20(12-28)13-30-33(26)15-19)35-24-5-3-2-4-18(24)11-27/h2-5,10,13-16,22-23H,6-9H2,1H3,(H,31,34)/t22-,23-. The van der Waals surface area contributed by atoms with Gasteiger partial charge in [-0.05, 0) is 43.9 Å². The molecule has 0 radical (unpaired) electrons. The third-order valence-electron chi connectivity index (χ3n) is 6.34. The van der Waals surface area contributed by atoms with E-state index < -0.39 is 0 Å². The molecule has 0 unspecified atom stereocenters. The van der Waals surface area contributed by atoms with Crippen LogP contribution in [0.25, 0.3) is 16.6 Å². The highest BCUT2D eigenvalue weighted by molar-refractivity contribution is 7.99. The van der Waals surface area contributed by atoms with Crippen LogP contribution in [0.15, 0.2) is 64.9 Å². The van der Waals surface area contributed by atoms with Crippen molar-refractivity contribution in [1.29, 1.82) is 10.5 Å². The number of pyridine rings is 1. The van der Waals surface area contributed by atoms with Gasteiger partial charge in [0.05, 0.1) is 35.1 Å². The average molecular weight is 482 g/mol. The molecule has 5 rings (SSSR count). The zero-order valence-electron chi connectivity index (χ0n) is 19.2. The number of amides is 1. The molecular formula is C26H23N7OS. The number of hydrogen-bond donors (Lipinski definition) is 1. The predicted octanol–water partition coefficient (Wildman–Crippen LogP) is 4.71. The molecule has 174 valence electrons. The van der Waals surface area contributed by atoms with Crippen LogP contribution in [0.1, 0.15) is 49.8 Å². The molecule has 1 amide bonds. The Labute approximate surface area is 207 Å². The highest BCUT2D eigenvalue weighted by Gasteiger charge is 2.24. The fourth-order valence-electron chi connectivity index (χ4n) is 4.63. The van der Waals surface area contributed by atoms with E-state index in [4.69, 9.17) is 0 Å². The Kier molecular flexibility index (Phi) is 6.26. The number of nitriles is 2. The number of aromatic nitrogens is 4. The van der Waals surface area contributed by atoms with Crippen molar-refractivity contribution in [2.24, 2.45) is 0 Å². The van der Waals surface area contributed by atoms with Gasteiger partial charge in [-0.1, -0.05) is 23.9 Å². The number of nitrogens with one attached hydrogen (secondary N) is 1. The van der Waals surface area contributed by atoms with Crippen molar-refractivity contribution >= 4 is 23.2 Å². The Hall–Kier alpha value is -4.08. The van der Waals surface area contributed by atoms with Crippen molar-refractivity contribution in [2.45, 2.75) is 54.5 Å².